The van der Waals surface area contributed by atoms with Crippen LogP contribution in [0.2, 0.25) is 0 Å². The topological polar surface area (TPSA) is 79.4 Å². The molecule has 0 amide bonds. The van der Waals surface area contributed by atoms with Crippen molar-refractivity contribution in [3.05, 3.63) is 52.7 Å². The number of piperidine rings is 1. The maximum atomic E-state index is 13.3. The number of alkyl halides is 3. The van der Waals surface area contributed by atoms with Crippen LogP contribution < -0.4 is 9.62 Å². The van der Waals surface area contributed by atoms with E-state index in [-0.39, 0.29) is 12.2 Å². The summed E-state index contributed by atoms with van der Waals surface area (Å²) in [6.45, 7) is 6.94. The molecule has 35 heavy (non-hydrogen) atoms. The first-order valence-corrected chi connectivity index (χ1v) is 13.6. The number of aromatic nitrogens is 1. The Balaban J connectivity index is 1.75. The number of carbonyl (C=O) groups excluding carboxylic acids is 1. The lowest BCUT2D eigenvalue weighted by molar-refractivity contribution is -0.141. The van der Waals surface area contributed by atoms with Crippen LogP contribution in [0.3, 0.4) is 0 Å². The van der Waals surface area contributed by atoms with Crippen LogP contribution in [0, 0.1) is 12.8 Å². The molecule has 1 atom stereocenters. The zero-order valence-electron chi connectivity index (χ0n) is 20.4. The average Bonchev–Trinajstić information content (AvgIpc) is 2.77. The molecule has 1 fully saturated rings. The fourth-order valence-electron chi connectivity index (χ4n) is 4.26. The van der Waals surface area contributed by atoms with E-state index in [0.29, 0.717) is 48.1 Å². The molecule has 192 valence electrons. The molecule has 0 saturated carbocycles. The minimum absolute atomic E-state index is 0.0497. The van der Waals surface area contributed by atoms with Crippen molar-refractivity contribution < 1.29 is 26.4 Å². The van der Waals surface area contributed by atoms with E-state index >= 15 is 0 Å². The van der Waals surface area contributed by atoms with Crippen molar-refractivity contribution in [1.82, 2.24) is 4.98 Å². The molecular weight excluding hydrogens is 479 g/mol. The van der Waals surface area contributed by atoms with Gasteiger partial charge < -0.3 is 4.90 Å². The van der Waals surface area contributed by atoms with Gasteiger partial charge in [-0.15, -0.1) is 0 Å². The van der Waals surface area contributed by atoms with Gasteiger partial charge in [0.25, 0.3) is 0 Å². The molecule has 0 aliphatic carbocycles. The van der Waals surface area contributed by atoms with Crippen molar-refractivity contribution in [2.75, 3.05) is 29.0 Å². The smallest absolute Gasteiger partial charge is 0.356 e. The van der Waals surface area contributed by atoms with Gasteiger partial charge in [-0.2, -0.15) is 13.2 Å². The second kappa shape index (κ2) is 10.6. The molecule has 0 radical (unpaired) electrons. The highest BCUT2D eigenvalue weighted by molar-refractivity contribution is 7.92. The normalized spacial score (nSPS) is 16.3. The first-order valence-electron chi connectivity index (χ1n) is 11.7. The van der Waals surface area contributed by atoms with Gasteiger partial charge in [-0.1, -0.05) is 32.0 Å². The van der Waals surface area contributed by atoms with Gasteiger partial charge >= 0.3 is 6.18 Å². The van der Waals surface area contributed by atoms with Gasteiger partial charge in [-0.05, 0) is 60.9 Å². The highest BCUT2D eigenvalue weighted by Crippen LogP contribution is 2.33. The lowest BCUT2D eigenvalue weighted by Gasteiger charge is -2.33. The Labute approximate surface area is 205 Å². The Morgan fingerprint density at radius 3 is 2.43 bits per heavy atom. The molecule has 1 aliphatic heterocycles. The van der Waals surface area contributed by atoms with Crippen LogP contribution in [0.25, 0.3) is 0 Å². The van der Waals surface area contributed by atoms with Gasteiger partial charge in [0, 0.05) is 25.4 Å². The number of nitrogens with zero attached hydrogens (tertiary/aromatic N) is 2. The van der Waals surface area contributed by atoms with E-state index in [2.05, 4.69) is 16.6 Å². The highest BCUT2D eigenvalue weighted by Gasteiger charge is 2.34. The second-order valence-corrected chi connectivity index (χ2v) is 11.2. The minimum Gasteiger partial charge on any atom is -0.356 e. The van der Waals surface area contributed by atoms with Crippen LogP contribution in [-0.4, -0.2) is 38.5 Å². The van der Waals surface area contributed by atoms with E-state index in [1.807, 2.05) is 4.90 Å². The molecule has 1 aromatic carbocycles. The Morgan fingerprint density at radius 2 is 1.86 bits per heavy atom. The third-order valence-electron chi connectivity index (χ3n) is 6.50. The van der Waals surface area contributed by atoms with Gasteiger partial charge in [-0.25, -0.2) is 13.4 Å². The fraction of sp³-hybridized carbons (Fsp3) is 0.520. The predicted octanol–water partition coefficient (Wildman–Crippen LogP) is 5.32. The Kier molecular flexibility index (Phi) is 8.14. The van der Waals surface area contributed by atoms with Crippen molar-refractivity contribution >= 4 is 27.3 Å². The number of nitrogens with one attached hydrogen (secondary N) is 1. The van der Waals surface area contributed by atoms with Crippen LogP contribution in [0.15, 0.2) is 30.3 Å². The number of pyridine rings is 1. The molecular formula is C25H32F3N3O3S. The van der Waals surface area contributed by atoms with Gasteiger partial charge in [0.1, 0.15) is 17.3 Å². The maximum absolute atomic E-state index is 13.3. The SMILES string of the molecule is Cc1cc(C(C)C(=O)CCc2ccc(C(F)(F)F)nc2N2CCC(C)CC2)ccc1NS(C)(=O)=O. The molecule has 0 spiro atoms. The van der Waals surface area contributed by atoms with Crippen molar-refractivity contribution in [3.63, 3.8) is 0 Å². The van der Waals surface area contributed by atoms with Gasteiger partial charge in [0.15, 0.2) is 0 Å². The number of sulfonamides is 1. The number of ketones is 1. The standard InChI is InChI=1S/C25H32F3N3O3S/c1-16-11-13-31(14-12-16)24-19(7-10-23(29-24)25(26,27)28)6-9-22(32)18(3)20-5-8-21(17(2)15-20)30-35(4,33)34/h5,7-8,10,15-16,18,30H,6,9,11-14H2,1-4H3. The average molecular weight is 512 g/mol. The lowest BCUT2D eigenvalue weighted by atomic mass is 9.91. The highest BCUT2D eigenvalue weighted by atomic mass is 32.2. The molecule has 1 aliphatic rings. The van der Waals surface area contributed by atoms with Gasteiger partial charge in [0.2, 0.25) is 10.0 Å². The largest absolute Gasteiger partial charge is 0.433 e. The zero-order chi connectivity index (χ0) is 26.0. The van der Waals surface area contributed by atoms with Gasteiger partial charge in [-0.3, -0.25) is 9.52 Å². The van der Waals surface area contributed by atoms with Crippen LogP contribution in [0.5, 0.6) is 0 Å². The molecule has 2 aromatic rings. The number of aryl methyl sites for hydroxylation is 2. The number of hydrogen-bond acceptors (Lipinski definition) is 5. The van der Waals surface area contributed by atoms with Crippen molar-refractivity contribution in [1.29, 1.82) is 0 Å². The number of benzene rings is 1. The predicted molar refractivity (Wildman–Crippen MR) is 131 cm³/mol. The number of anilines is 2. The molecule has 1 saturated heterocycles. The molecule has 1 aromatic heterocycles. The summed E-state index contributed by atoms with van der Waals surface area (Å²) in [7, 11) is -3.41. The lowest BCUT2D eigenvalue weighted by Crippen LogP contribution is -2.34. The third-order valence-corrected chi connectivity index (χ3v) is 7.09. The summed E-state index contributed by atoms with van der Waals surface area (Å²) in [6.07, 6.45) is -1.23. The summed E-state index contributed by atoms with van der Waals surface area (Å²) in [5.74, 6) is 0.346. The Hall–Kier alpha value is -2.62. The van der Waals surface area contributed by atoms with E-state index in [9.17, 15) is 26.4 Å². The summed E-state index contributed by atoms with van der Waals surface area (Å²) < 4.78 is 65.4. The molecule has 2 heterocycles. The van der Waals surface area contributed by atoms with Crippen LogP contribution >= 0.6 is 0 Å². The summed E-state index contributed by atoms with van der Waals surface area (Å²) in [5.41, 5.74) is 1.61. The summed E-state index contributed by atoms with van der Waals surface area (Å²) in [5, 5.41) is 0. The quantitative estimate of drug-likeness (QED) is 0.519. The first kappa shape index (κ1) is 27.0. The number of Topliss-reactive ketones (excluding diaryl/α,β-unsaturated/α-hetero) is 1. The number of halogens is 3. The zero-order valence-corrected chi connectivity index (χ0v) is 21.3. The van der Waals surface area contributed by atoms with E-state index in [1.165, 1.54) is 6.07 Å². The summed E-state index contributed by atoms with van der Waals surface area (Å²) in [6, 6.07) is 7.54. The number of hydrogen-bond donors (Lipinski definition) is 1. The van der Waals surface area contributed by atoms with E-state index in [0.717, 1.165) is 30.7 Å². The van der Waals surface area contributed by atoms with Crippen molar-refractivity contribution in [3.8, 4) is 0 Å². The minimum atomic E-state index is -4.53. The molecule has 1 N–H and O–H groups in total. The maximum Gasteiger partial charge on any atom is 0.433 e. The van der Waals surface area contributed by atoms with Crippen LogP contribution in [0.4, 0.5) is 24.7 Å². The molecule has 10 heteroatoms. The van der Waals surface area contributed by atoms with Crippen LogP contribution in [0.1, 0.15) is 61.4 Å². The third kappa shape index (κ3) is 7.19. The van der Waals surface area contributed by atoms with E-state index in [1.54, 1.807) is 32.0 Å². The molecule has 0 bridgehead atoms. The van der Waals surface area contributed by atoms with E-state index < -0.39 is 27.8 Å². The molecule has 1 unspecified atom stereocenters. The fourth-order valence-corrected chi connectivity index (χ4v) is 4.88. The van der Waals surface area contributed by atoms with Gasteiger partial charge in [0.05, 0.1) is 11.9 Å². The second-order valence-electron chi connectivity index (χ2n) is 9.48. The summed E-state index contributed by atoms with van der Waals surface area (Å²) >= 11 is 0. The number of carbonyl (C=O) groups is 1. The first-order chi connectivity index (χ1) is 16.2. The molecule has 6 nitrogen and oxygen atoms in total. The Morgan fingerprint density at radius 1 is 1.20 bits per heavy atom. The van der Waals surface area contributed by atoms with E-state index in [4.69, 9.17) is 0 Å². The summed E-state index contributed by atoms with van der Waals surface area (Å²) in [4.78, 5) is 18.8. The molecule has 3 rings (SSSR count). The van der Waals surface area contributed by atoms with Crippen LogP contribution in [-0.2, 0) is 27.4 Å². The monoisotopic (exact) mass is 511 g/mol. The van der Waals surface area contributed by atoms with Crippen molar-refractivity contribution in [2.24, 2.45) is 5.92 Å². The number of rotatable bonds is 8. The Bertz CT molecular complexity index is 1170. The van der Waals surface area contributed by atoms with Crippen molar-refractivity contribution in [2.45, 2.75) is 58.5 Å².